The van der Waals surface area contributed by atoms with Crippen LogP contribution in [0.5, 0.6) is 11.5 Å². The van der Waals surface area contributed by atoms with Gasteiger partial charge >= 0.3 is 23.9 Å². The lowest BCUT2D eigenvalue weighted by molar-refractivity contribution is -0.159. The Morgan fingerprint density at radius 1 is 0.833 bits per heavy atom. The quantitative estimate of drug-likeness (QED) is 0.312. The molecule has 0 amide bonds. The Bertz CT molecular complexity index is 1360. The number of rotatable bonds is 5. The van der Waals surface area contributed by atoms with Crippen LogP contribution >= 0.6 is 0 Å². The number of piperazine rings is 1. The number of benzene rings is 2. The molecule has 0 bridgehead atoms. The van der Waals surface area contributed by atoms with Crippen LogP contribution in [0, 0.1) is 5.82 Å². The van der Waals surface area contributed by atoms with Gasteiger partial charge in [-0.15, -0.1) is 10.2 Å². The highest BCUT2D eigenvalue weighted by Gasteiger charge is 2.26. The Balaban J connectivity index is 0.000000342. The summed E-state index contributed by atoms with van der Waals surface area (Å²) in [7, 11) is 0. The first-order valence-electron chi connectivity index (χ1n) is 12.3. The molecule has 3 aromatic rings. The van der Waals surface area contributed by atoms with Crippen molar-refractivity contribution in [3.8, 4) is 23.0 Å². The lowest BCUT2D eigenvalue weighted by Gasteiger charge is -2.36. The topological polar surface area (TPSA) is 213 Å². The third-order valence-corrected chi connectivity index (χ3v) is 6.05. The maximum atomic E-state index is 13.1. The standard InChI is InChI=1S/C22H23FN4O3.2C2H2O4/c1-15(21-24-25-22(30-21)17-3-5-18(23)6-4-17)27-10-8-26(9-11-27)13-16-2-7-19-20(12-16)29-14-28-19;2*3-1(4)2(5)6/h2-7,12,15H,8-11,13-14H2,1H3;2*(H,3,4)(H,5,6). The molecule has 224 valence electrons. The van der Waals surface area contributed by atoms with Gasteiger partial charge in [0, 0.05) is 38.3 Å². The molecule has 1 atom stereocenters. The fourth-order valence-electron chi connectivity index (χ4n) is 3.87. The molecule has 15 nitrogen and oxygen atoms in total. The highest BCUT2D eigenvalue weighted by molar-refractivity contribution is 6.27. The first-order valence-corrected chi connectivity index (χ1v) is 12.3. The van der Waals surface area contributed by atoms with Crippen LogP contribution in [-0.4, -0.2) is 97.3 Å². The van der Waals surface area contributed by atoms with E-state index >= 15 is 0 Å². The number of nitrogens with zero attached hydrogens (tertiary/aromatic N) is 4. The zero-order chi connectivity index (χ0) is 30.8. The molecular formula is C26H27FN4O11. The zero-order valence-corrected chi connectivity index (χ0v) is 22.2. The average molecular weight is 591 g/mol. The molecule has 4 N–H and O–H groups in total. The third kappa shape index (κ3) is 8.97. The second-order valence-corrected chi connectivity index (χ2v) is 8.85. The largest absolute Gasteiger partial charge is 0.473 e. The molecule has 42 heavy (non-hydrogen) atoms. The summed E-state index contributed by atoms with van der Waals surface area (Å²) in [6.07, 6.45) is 0. The Hall–Kier alpha value is -5.09. The maximum Gasteiger partial charge on any atom is 0.414 e. The highest BCUT2D eigenvalue weighted by Crippen LogP contribution is 2.33. The Morgan fingerprint density at radius 3 is 1.98 bits per heavy atom. The minimum absolute atomic E-state index is 0.0272. The van der Waals surface area contributed by atoms with Crippen molar-refractivity contribution in [3.63, 3.8) is 0 Å². The molecule has 3 heterocycles. The van der Waals surface area contributed by atoms with Crippen LogP contribution in [0.25, 0.3) is 11.5 Å². The molecule has 1 unspecified atom stereocenters. The number of carbonyl (C=O) groups is 4. The van der Waals surface area contributed by atoms with Crippen LogP contribution in [0.15, 0.2) is 46.9 Å². The van der Waals surface area contributed by atoms with Crippen molar-refractivity contribution in [2.24, 2.45) is 0 Å². The molecule has 16 heteroatoms. The number of aliphatic carboxylic acids is 4. The van der Waals surface area contributed by atoms with E-state index in [1.165, 1.54) is 17.7 Å². The number of ether oxygens (including phenoxy) is 2. The second kappa shape index (κ2) is 14.5. The Labute approximate surface area is 237 Å². The van der Waals surface area contributed by atoms with Crippen LogP contribution in [0.4, 0.5) is 4.39 Å². The van der Waals surface area contributed by atoms with Crippen LogP contribution in [0.3, 0.4) is 0 Å². The molecular weight excluding hydrogens is 563 g/mol. The summed E-state index contributed by atoms with van der Waals surface area (Å²) in [4.78, 5) is 41.2. The summed E-state index contributed by atoms with van der Waals surface area (Å²) in [6, 6.07) is 12.2. The number of carboxylic acid groups (broad SMARTS) is 4. The van der Waals surface area contributed by atoms with Crippen molar-refractivity contribution in [2.45, 2.75) is 19.5 Å². The van der Waals surface area contributed by atoms with Gasteiger partial charge in [0.25, 0.3) is 0 Å². The lowest BCUT2D eigenvalue weighted by atomic mass is 10.1. The minimum atomic E-state index is -1.82. The summed E-state index contributed by atoms with van der Waals surface area (Å²) >= 11 is 0. The molecule has 2 aromatic carbocycles. The monoisotopic (exact) mass is 590 g/mol. The van der Waals surface area contributed by atoms with Crippen molar-refractivity contribution >= 4 is 23.9 Å². The van der Waals surface area contributed by atoms with E-state index in [1.54, 1.807) is 12.1 Å². The first-order chi connectivity index (χ1) is 19.9. The number of carboxylic acids is 4. The molecule has 1 fully saturated rings. The van der Waals surface area contributed by atoms with Gasteiger partial charge in [0.15, 0.2) is 11.5 Å². The second-order valence-electron chi connectivity index (χ2n) is 8.85. The molecule has 2 aliphatic rings. The SMILES string of the molecule is CC(c1nnc(-c2ccc(F)cc2)o1)N1CCN(Cc2ccc3c(c2)OCO3)CC1.O=C(O)C(=O)O.O=C(O)C(=O)O. The number of hydrogen-bond donors (Lipinski definition) is 4. The number of halogens is 1. The fraction of sp³-hybridized carbons (Fsp3) is 0.308. The van der Waals surface area contributed by atoms with E-state index in [4.69, 9.17) is 53.5 Å². The van der Waals surface area contributed by atoms with E-state index in [1.807, 2.05) is 6.07 Å². The van der Waals surface area contributed by atoms with Crippen LogP contribution in [-0.2, 0) is 25.7 Å². The summed E-state index contributed by atoms with van der Waals surface area (Å²) < 4.78 is 29.8. The number of aromatic nitrogens is 2. The van der Waals surface area contributed by atoms with Gasteiger partial charge in [-0.1, -0.05) is 6.07 Å². The number of fused-ring (bicyclic) bond motifs is 1. The molecule has 1 aromatic heterocycles. The first kappa shape index (κ1) is 31.4. The molecule has 0 aliphatic carbocycles. The minimum Gasteiger partial charge on any atom is -0.473 e. The maximum absolute atomic E-state index is 13.1. The Kier molecular flexibility index (Phi) is 10.9. The third-order valence-electron chi connectivity index (χ3n) is 6.05. The van der Waals surface area contributed by atoms with E-state index < -0.39 is 23.9 Å². The zero-order valence-electron chi connectivity index (χ0n) is 22.2. The van der Waals surface area contributed by atoms with E-state index in [0.29, 0.717) is 18.6 Å². The number of hydrogen-bond acceptors (Lipinski definition) is 11. The van der Waals surface area contributed by atoms with E-state index in [0.717, 1.165) is 49.8 Å². The lowest BCUT2D eigenvalue weighted by Crippen LogP contribution is -2.46. The van der Waals surface area contributed by atoms with E-state index in [9.17, 15) is 4.39 Å². The van der Waals surface area contributed by atoms with Crippen LogP contribution < -0.4 is 9.47 Å². The summed E-state index contributed by atoms with van der Waals surface area (Å²) in [5, 5.41) is 37.9. The van der Waals surface area contributed by atoms with Crippen LogP contribution in [0.2, 0.25) is 0 Å². The van der Waals surface area contributed by atoms with E-state index in [2.05, 4.69) is 39.1 Å². The van der Waals surface area contributed by atoms with Gasteiger partial charge in [-0.25, -0.2) is 23.6 Å². The van der Waals surface area contributed by atoms with Crippen molar-refractivity contribution in [1.82, 2.24) is 20.0 Å². The molecule has 0 radical (unpaired) electrons. The van der Waals surface area contributed by atoms with Gasteiger partial charge in [-0.2, -0.15) is 0 Å². The normalized spacial score (nSPS) is 14.9. The predicted octanol–water partition coefficient (Wildman–Crippen LogP) is 1.79. The van der Waals surface area contributed by atoms with Crippen molar-refractivity contribution in [3.05, 3.63) is 59.7 Å². The van der Waals surface area contributed by atoms with Crippen molar-refractivity contribution < 1.29 is 57.9 Å². The van der Waals surface area contributed by atoms with Gasteiger partial charge in [0.05, 0.1) is 6.04 Å². The molecule has 0 saturated carbocycles. The van der Waals surface area contributed by atoms with E-state index in [-0.39, 0.29) is 11.9 Å². The van der Waals surface area contributed by atoms with Crippen molar-refractivity contribution in [1.29, 1.82) is 0 Å². The average Bonchev–Trinajstić information content (AvgIpc) is 3.64. The molecule has 2 aliphatic heterocycles. The molecule has 0 spiro atoms. The predicted molar refractivity (Wildman–Crippen MR) is 138 cm³/mol. The van der Waals surface area contributed by atoms with Gasteiger partial charge in [-0.3, -0.25) is 9.80 Å². The Morgan fingerprint density at radius 2 is 1.40 bits per heavy atom. The fourth-order valence-corrected chi connectivity index (χ4v) is 3.87. The van der Waals surface area contributed by atoms with Crippen LogP contribution in [0.1, 0.15) is 24.4 Å². The summed E-state index contributed by atoms with van der Waals surface area (Å²) in [6.45, 7) is 7.01. The van der Waals surface area contributed by atoms with Gasteiger partial charge in [-0.05, 0) is 48.9 Å². The van der Waals surface area contributed by atoms with Gasteiger partial charge < -0.3 is 34.3 Å². The van der Waals surface area contributed by atoms with Gasteiger partial charge in [0.2, 0.25) is 18.6 Å². The van der Waals surface area contributed by atoms with Crippen molar-refractivity contribution in [2.75, 3.05) is 33.0 Å². The summed E-state index contributed by atoms with van der Waals surface area (Å²) in [5.41, 5.74) is 1.94. The summed E-state index contributed by atoms with van der Waals surface area (Å²) in [5.74, 6) is -4.94. The molecule has 5 rings (SSSR count). The molecule has 1 saturated heterocycles. The smallest absolute Gasteiger partial charge is 0.414 e. The highest BCUT2D eigenvalue weighted by atomic mass is 19.1. The van der Waals surface area contributed by atoms with Gasteiger partial charge in [0.1, 0.15) is 5.82 Å².